The Labute approximate surface area is 150 Å². The molecular weight excluding hydrogens is 332 g/mol. The number of hydrogen-bond donors (Lipinski definition) is 1. The summed E-state index contributed by atoms with van der Waals surface area (Å²) in [6.45, 7) is 2.44. The Kier molecular flexibility index (Phi) is 4.47. The standard InChI is InChI=1S/C18H20N6O2/c1-12-20-23-18(26-12)17(25)19-14-7-8-15-21-22-16(24(15)10-9-14)11-13-5-3-2-4-6-13/h2-6,14H,7-11H2,1H3,(H,19,25). The first-order valence-corrected chi connectivity index (χ1v) is 8.75. The molecule has 1 unspecified atom stereocenters. The molecule has 4 rings (SSSR count). The molecule has 26 heavy (non-hydrogen) atoms. The molecule has 2 aromatic heterocycles. The number of fused-ring (bicyclic) bond motifs is 1. The van der Waals surface area contributed by atoms with E-state index in [-0.39, 0.29) is 17.8 Å². The van der Waals surface area contributed by atoms with Crippen LogP contribution >= 0.6 is 0 Å². The van der Waals surface area contributed by atoms with Crippen molar-refractivity contribution in [1.82, 2.24) is 30.3 Å². The fraction of sp³-hybridized carbons (Fsp3) is 0.389. The molecule has 1 amide bonds. The number of aryl methyl sites for hydroxylation is 2. The van der Waals surface area contributed by atoms with Gasteiger partial charge in [-0.05, 0) is 18.4 Å². The third-order valence-electron chi connectivity index (χ3n) is 4.58. The molecule has 1 N–H and O–H groups in total. The lowest BCUT2D eigenvalue weighted by Gasteiger charge is -2.14. The highest BCUT2D eigenvalue weighted by Crippen LogP contribution is 2.17. The van der Waals surface area contributed by atoms with Crippen LogP contribution in [0.5, 0.6) is 0 Å². The Hall–Kier alpha value is -3.03. The predicted molar refractivity (Wildman–Crippen MR) is 92.5 cm³/mol. The maximum atomic E-state index is 12.2. The first-order chi connectivity index (χ1) is 12.7. The second kappa shape index (κ2) is 7.07. The van der Waals surface area contributed by atoms with E-state index in [4.69, 9.17) is 4.42 Å². The van der Waals surface area contributed by atoms with E-state index in [9.17, 15) is 4.79 Å². The summed E-state index contributed by atoms with van der Waals surface area (Å²) in [6.07, 6.45) is 3.15. The van der Waals surface area contributed by atoms with E-state index in [1.165, 1.54) is 5.56 Å². The van der Waals surface area contributed by atoms with Gasteiger partial charge < -0.3 is 14.3 Å². The van der Waals surface area contributed by atoms with Gasteiger partial charge >= 0.3 is 11.8 Å². The fourth-order valence-electron chi connectivity index (χ4n) is 3.24. The van der Waals surface area contributed by atoms with Crippen LogP contribution in [0.1, 0.15) is 46.6 Å². The fourth-order valence-corrected chi connectivity index (χ4v) is 3.24. The highest BCUT2D eigenvalue weighted by molar-refractivity contribution is 5.89. The number of nitrogens with one attached hydrogen (secondary N) is 1. The van der Waals surface area contributed by atoms with Crippen LogP contribution < -0.4 is 5.32 Å². The summed E-state index contributed by atoms with van der Waals surface area (Å²) in [4.78, 5) is 12.2. The molecule has 0 saturated heterocycles. The van der Waals surface area contributed by atoms with Crippen molar-refractivity contribution in [2.24, 2.45) is 0 Å². The van der Waals surface area contributed by atoms with Gasteiger partial charge in [0.2, 0.25) is 5.89 Å². The van der Waals surface area contributed by atoms with Crippen molar-refractivity contribution < 1.29 is 9.21 Å². The van der Waals surface area contributed by atoms with Gasteiger partial charge in [-0.3, -0.25) is 4.79 Å². The maximum Gasteiger partial charge on any atom is 0.309 e. The molecule has 1 atom stereocenters. The van der Waals surface area contributed by atoms with Crippen molar-refractivity contribution in [1.29, 1.82) is 0 Å². The molecule has 8 heteroatoms. The molecule has 0 radical (unpaired) electrons. The van der Waals surface area contributed by atoms with E-state index >= 15 is 0 Å². The monoisotopic (exact) mass is 352 g/mol. The van der Waals surface area contributed by atoms with Gasteiger partial charge in [0.1, 0.15) is 11.6 Å². The molecule has 0 bridgehead atoms. The normalized spacial score (nSPS) is 16.7. The first-order valence-electron chi connectivity index (χ1n) is 8.75. The largest absolute Gasteiger partial charge is 0.417 e. The first kappa shape index (κ1) is 16.4. The summed E-state index contributed by atoms with van der Waals surface area (Å²) in [6, 6.07) is 10.3. The highest BCUT2D eigenvalue weighted by atomic mass is 16.4. The lowest BCUT2D eigenvalue weighted by atomic mass is 10.1. The summed E-state index contributed by atoms with van der Waals surface area (Å²) < 4.78 is 7.37. The van der Waals surface area contributed by atoms with Gasteiger partial charge in [-0.15, -0.1) is 20.4 Å². The summed E-state index contributed by atoms with van der Waals surface area (Å²) in [7, 11) is 0. The Morgan fingerprint density at radius 1 is 1.19 bits per heavy atom. The van der Waals surface area contributed by atoms with E-state index in [2.05, 4.69) is 42.4 Å². The molecule has 0 saturated carbocycles. The zero-order valence-corrected chi connectivity index (χ0v) is 14.6. The zero-order chi connectivity index (χ0) is 17.9. The lowest BCUT2D eigenvalue weighted by molar-refractivity contribution is 0.0896. The molecule has 0 aliphatic carbocycles. The predicted octanol–water partition coefficient (Wildman–Crippen LogP) is 1.70. The number of benzene rings is 1. The molecule has 0 fully saturated rings. The summed E-state index contributed by atoms with van der Waals surface area (Å²) in [5, 5.41) is 19.2. The van der Waals surface area contributed by atoms with Crippen molar-refractivity contribution in [2.45, 2.75) is 45.2 Å². The minimum absolute atomic E-state index is 0.0101. The van der Waals surface area contributed by atoms with Crippen LogP contribution in [0, 0.1) is 6.92 Å². The Balaban J connectivity index is 1.42. The minimum Gasteiger partial charge on any atom is -0.417 e. The molecule has 0 spiro atoms. The summed E-state index contributed by atoms with van der Waals surface area (Å²) in [5.74, 6) is 2.01. The molecule has 1 aliphatic rings. The van der Waals surface area contributed by atoms with E-state index in [0.717, 1.165) is 43.9 Å². The molecule has 8 nitrogen and oxygen atoms in total. The number of aromatic nitrogens is 5. The highest BCUT2D eigenvalue weighted by Gasteiger charge is 2.23. The molecule has 1 aromatic carbocycles. The third-order valence-corrected chi connectivity index (χ3v) is 4.58. The van der Waals surface area contributed by atoms with Gasteiger partial charge in [-0.25, -0.2) is 0 Å². The number of rotatable bonds is 4. The summed E-state index contributed by atoms with van der Waals surface area (Å²) >= 11 is 0. The van der Waals surface area contributed by atoms with E-state index in [0.29, 0.717) is 5.89 Å². The van der Waals surface area contributed by atoms with E-state index in [1.54, 1.807) is 6.92 Å². The average Bonchev–Trinajstić information content (AvgIpc) is 3.19. The molecule has 1 aliphatic heterocycles. The quantitative estimate of drug-likeness (QED) is 0.767. The molecular formula is C18H20N6O2. The number of hydrogen-bond acceptors (Lipinski definition) is 6. The maximum absolute atomic E-state index is 12.2. The molecule has 3 aromatic rings. The van der Waals surface area contributed by atoms with Crippen molar-refractivity contribution in [3.8, 4) is 0 Å². The smallest absolute Gasteiger partial charge is 0.309 e. The van der Waals surface area contributed by atoms with Gasteiger partial charge in [-0.2, -0.15) is 0 Å². The Bertz CT molecular complexity index is 902. The van der Waals surface area contributed by atoms with Crippen molar-refractivity contribution in [3.05, 3.63) is 59.3 Å². The topological polar surface area (TPSA) is 98.7 Å². The van der Waals surface area contributed by atoms with Crippen LogP contribution in [0.3, 0.4) is 0 Å². The van der Waals surface area contributed by atoms with Crippen molar-refractivity contribution >= 4 is 5.91 Å². The van der Waals surface area contributed by atoms with Gasteiger partial charge in [0, 0.05) is 32.4 Å². The van der Waals surface area contributed by atoms with Gasteiger partial charge in [0.25, 0.3) is 0 Å². The Morgan fingerprint density at radius 3 is 2.81 bits per heavy atom. The van der Waals surface area contributed by atoms with Crippen LogP contribution in [0.15, 0.2) is 34.7 Å². The van der Waals surface area contributed by atoms with Crippen molar-refractivity contribution in [3.63, 3.8) is 0 Å². The van der Waals surface area contributed by atoms with Gasteiger partial charge in [0.05, 0.1) is 0 Å². The SMILES string of the molecule is Cc1nnc(C(=O)NC2CCc3nnc(Cc4ccccc4)n3CC2)o1. The summed E-state index contributed by atoms with van der Waals surface area (Å²) in [5.41, 5.74) is 1.21. The van der Waals surface area contributed by atoms with Crippen LogP contribution in [-0.2, 0) is 19.4 Å². The van der Waals surface area contributed by atoms with Crippen LogP contribution in [-0.4, -0.2) is 36.9 Å². The van der Waals surface area contributed by atoms with Crippen molar-refractivity contribution in [2.75, 3.05) is 0 Å². The number of carbonyl (C=O) groups excluding carboxylic acids is 1. The number of nitrogens with zero attached hydrogens (tertiary/aromatic N) is 5. The van der Waals surface area contributed by atoms with Crippen LogP contribution in [0.25, 0.3) is 0 Å². The lowest BCUT2D eigenvalue weighted by Crippen LogP contribution is -2.35. The third kappa shape index (κ3) is 3.49. The van der Waals surface area contributed by atoms with Crippen LogP contribution in [0.2, 0.25) is 0 Å². The second-order valence-corrected chi connectivity index (χ2v) is 6.47. The molecule has 3 heterocycles. The minimum atomic E-state index is -0.322. The zero-order valence-electron chi connectivity index (χ0n) is 14.6. The van der Waals surface area contributed by atoms with E-state index < -0.39 is 0 Å². The number of amides is 1. The van der Waals surface area contributed by atoms with Crippen LogP contribution in [0.4, 0.5) is 0 Å². The number of carbonyl (C=O) groups is 1. The second-order valence-electron chi connectivity index (χ2n) is 6.47. The molecule has 134 valence electrons. The Morgan fingerprint density at radius 2 is 2.04 bits per heavy atom. The average molecular weight is 352 g/mol. The van der Waals surface area contributed by atoms with Gasteiger partial charge in [0.15, 0.2) is 0 Å². The van der Waals surface area contributed by atoms with E-state index in [1.807, 2.05) is 18.2 Å². The van der Waals surface area contributed by atoms with Gasteiger partial charge in [-0.1, -0.05) is 30.3 Å².